The fourth-order valence-corrected chi connectivity index (χ4v) is 6.14. The molecule has 2 saturated heterocycles. The summed E-state index contributed by atoms with van der Waals surface area (Å²) < 4.78 is 8.82. The Labute approximate surface area is 212 Å². The number of carbonyl (C=O) groups is 3. The average molecular weight is 514 g/mol. The monoisotopic (exact) mass is 513 g/mol. The number of piperidine rings is 2. The van der Waals surface area contributed by atoms with Crippen molar-refractivity contribution in [2.24, 2.45) is 7.05 Å². The molecule has 0 bridgehead atoms. The summed E-state index contributed by atoms with van der Waals surface area (Å²) in [5.41, 5.74) is 2.36. The van der Waals surface area contributed by atoms with Crippen LogP contribution in [0.1, 0.15) is 47.9 Å². The van der Waals surface area contributed by atoms with Crippen molar-refractivity contribution in [1.29, 1.82) is 0 Å². The topological polar surface area (TPSA) is 106 Å². The summed E-state index contributed by atoms with van der Waals surface area (Å²) in [4.78, 5) is 43.9. The number of benzene rings is 1. The van der Waals surface area contributed by atoms with Gasteiger partial charge in [-0.15, -0.1) is 24.0 Å². The number of likely N-dealkylation sites (tertiary alicyclic amines) is 1. The fourth-order valence-electron chi connectivity index (χ4n) is 4.86. The number of thiol groups is 1. The normalized spacial score (nSPS) is 19.3. The zero-order valence-corrected chi connectivity index (χ0v) is 21.3. The minimum absolute atomic E-state index is 0.0206. The number of nitrogens with zero attached hydrogens (tertiary/aromatic N) is 4. The second-order valence-electron chi connectivity index (χ2n) is 9.04. The number of aromatic nitrogens is 3. The summed E-state index contributed by atoms with van der Waals surface area (Å²) in [5, 5.41) is 7.90. The SMILES string of the molecule is Cc1nc(S)sc1CC(=O)N1CCC(Oc2cccc3c(C4CCC(=O)NC4=O)nn(C)c23)CC1. The van der Waals surface area contributed by atoms with Crippen molar-refractivity contribution in [3.8, 4) is 5.75 Å². The molecule has 184 valence electrons. The highest BCUT2D eigenvalue weighted by Gasteiger charge is 2.32. The van der Waals surface area contributed by atoms with Crippen LogP contribution in [0.15, 0.2) is 22.5 Å². The van der Waals surface area contributed by atoms with Crippen molar-refractivity contribution < 1.29 is 19.1 Å². The smallest absolute Gasteiger partial charge is 0.235 e. The molecule has 11 heteroatoms. The van der Waals surface area contributed by atoms with Crippen molar-refractivity contribution in [3.05, 3.63) is 34.5 Å². The first-order valence-electron chi connectivity index (χ1n) is 11.7. The Morgan fingerprint density at radius 2 is 2.03 bits per heavy atom. The van der Waals surface area contributed by atoms with E-state index in [2.05, 4.69) is 28.0 Å². The van der Waals surface area contributed by atoms with Gasteiger partial charge >= 0.3 is 0 Å². The van der Waals surface area contributed by atoms with Gasteiger partial charge in [-0.2, -0.15) is 5.10 Å². The molecule has 35 heavy (non-hydrogen) atoms. The summed E-state index contributed by atoms with van der Waals surface area (Å²) in [6.07, 6.45) is 2.56. The first-order chi connectivity index (χ1) is 16.8. The number of ether oxygens (including phenoxy) is 1. The molecule has 0 spiro atoms. The molecule has 2 aromatic heterocycles. The predicted molar refractivity (Wildman–Crippen MR) is 134 cm³/mol. The molecule has 2 fully saturated rings. The van der Waals surface area contributed by atoms with Gasteiger partial charge in [0, 0.05) is 49.7 Å². The van der Waals surface area contributed by atoms with Crippen LogP contribution >= 0.6 is 24.0 Å². The van der Waals surface area contributed by atoms with Crippen LogP contribution in [0.4, 0.5) is 0 Å². The molecule has 2 aliphatic heterocycles. The highest BCUT2D eigenvalue weighted by molar-refractivity contribution is 7.82. The second kappa shape index (κ2) is 9.62. The summed E-state index contributed by atoms with van der Waals surface area (Å²) >= 11 is 5.74. The molecule has 9 nitrogen and oxygen atoms in total. The van der Waals surface area contributed by atoms with E-state index in [1.807, 2.05) is 37.1 Å². The zero-order chi connectivity index (χ0) is 24.7. The maximum absolute atomic E-state index is 12.8. The number of amides is 3. The summed E-state index contributed by atoms with van der Waals surface area (Å²) in [6, 6.07) is 5.76. The lowest BCUT2D eigenvalue weighted by Gasteiger charge is -2.32. The number of imide groups is 1. The number of thiazole rings is 1. The van der Waals surface area contributed by atoms with Crippen LogP contribution in [0.3, 0.4) is 0 Å². The third-order valence-electron chi connectivity index (χ3n) is 6.71. The van der Waals surface area contributed by atoms with E-state index in [1.54, 1.807) is 4.68 Å². The Hall–Kier alpha value is -2.92. The van der Waals surface area contributed by atoms with Crippen LogP contribution in [0.5, 0.6) is 5.75 Å². The van der Waals surface area contributed by atoms with Crippen LogP contribution in [0.25, 0.3) is 10.9 Å². The molecule has 0 aliphatic carbocycles. The number of nitrogens with one attached hydrogen (secondary N) is 1. The highest BCUT2D eigenvalue weighted by atomic mass is 32.2. The van der Waals surface area contributed by atoms with E-state index in [9.17, 15) is 14.4 Å². The van der Waals surface area contributed by atoms with Crippen LogP contribution in [-0.2, 0) is 27.9 Å². The van der Waals surface area contributed by atoms with Gasteiger partial charge < -0.3 is 9.64 Å². The number of aryl methyl sites for hydroxylation is 2. The molecule has 1 N–H and O–H groups in total. The van der Waals surface area contributed by atoms with Gasteiger partial charge in [0.05, 0.1) is 23.7 Å². The Morgan fingerprint density at radius 1 is 1.26 bits per heavy atom. The molecule has 2 aliphatic rings. The molecule has 1 aromatic carbocycles. The molecule has 0 radical (unpaired) electrons. The molecular weight excluding hydrogens is 486 g/mol. The van der Waals surface area contributed by atoms with Gasteiger partial charge in [0.2, 0.25) is 17.7 Å². The van der Waals surface area contributed by atoms with Gasteiger partial charge in [-0.1, -0.05) is 12.1 Å². The molecule has 3 aromatic rings. The van der Waals surface area contributed by atoms with Gasteiger partial charge in [-0.3, -0.25) is 24.4 Å². The van der Waals surface area contributed by atoms with Gasteiger partial charge in [-0.05, 0) is 19.4 Å². The van der Waals surface area contributed by atoms with Crippen LogP contribution in [-0.4, -0.2) is 56.6 Å². The standard InChI is InChI=1S/C24H27N5O4S2/c1-13-18(35-24(34)25-13)12-20(31)29-10-8-14(9-11-29)33-17-5-3-4-15-21(27-28(2)22(15)17)16-6-7-19(30)26-23(16)32/h3-5,14,16H,6-12H2,1-2H3,(H,25,34)(H,26,30,32). The van der Waals surface area contributed by atoms with E-state index < -0.39 is 5.92 Å². The van der Waals surface area contributed by atoms with Crippen molar-refractivity contribution in [3.63, 3.8) is 0 Å². The Bertz CT molecular complexity index is 1310. The molecule has 5 rings (SSSR count). The number of hydrogen-bond donors (Lipinski definition) is 2. The Balaban J connectivity index is 1.26. The van der Waals surface area contributed by atoms with Gasteiger partial charge in [-0.25, -0.2) is 4.98 Å². The van der Waals surface area contributed by atoms with Crippen molar-refractivity contribution >= 4 is 52.6 Å². The van der Waals surface area contributed by atoms with E-state index >= 15 is 0 Å². The first-order valence-corrected chi connectivity index (χ1v) is 13.0. The molecular formula is C24H27N5O4S2. The lowest BCUT2D eigenvalue weighted by molar-refractivity contribution is -0.134. The van der Waals surface area contributed by atoms with Gasteiger partial charge in [0.15, 0.2) is 0 Å². The summed E-state index contributed by atoms with van der Waals surface area (Å²) in [6.45, 7) is 3.18. The third-order valence-corrected chi connectivity index (χ3v) is 8.04. The lowest BCUT2D eigenvalue weighted by Crippen LogP contribution is -2.42. The van der Waals surface area contributed by atoms with E-state index in [0.29, 0.717) is 48.1 Å². The van der Waals surface area contributed by atoms with Crippen molar-refractivity contribution in [2.45, 2.75) is 55.4 Å². The Kier molecular flexibility index (Phi) is 6.54. The van der Waals surface area contributed by atoms with Crippen LogP contribution in [0, 0.1) is 6.92 Å². The van der Waals surface area contributed by atoms with E-state index in [0.717, 1.165) is 34.3 Å². The van der Waals surface area contributed by atoms with Gasteiger partial charge in [0.25, 0.3) is 0 Å². The number of hydrogen-bond acceptors (Lipinski definition) is 8. The zero-order valence-electron chi connectivity index (χ0n) is 19.6. The molecule has 1 unspecified atom stereocenters. The average Bonchev–Trinajstić information content (AvgIpc) is 3.32. The minimum atomic E-state index is -0.457. The van der Waals surface area contributed by atoms with Crippen molar-refractivity contribution in [1.82, 2.24) is 25.0 Å². The van der Waals surface area contributed by atoms with Crippen LogP contribution < -0.4 is 10.1 Å². The van der Waals surface area contributed by atoms with Crippen LogP contribution in [0.2, 0.25) is 0 Å². The lowest BCUT2D eigenvalue weighted by atomic mass is 9.93. The summed E-state index contributed by atoms with van der Waals surface area (Å²) in [5.74, 6) is -0.187. The fraction of sp³-hybridized carbons (Fsp3) is 0.458. The minimum Gasteiger partial charge on any atom is -0.488 e. The Morgan fingerprint density at radius 3 is 2.71 bits per heavy atom. The number of para-hydroxylation sites is 1. The van der Waals surface area contributed by atoms with E-state index in [-0.39, 0.29) is 23.8 Å². The van der Waals surface area contributed by atoms with E-state index in [4.69, 9.17) is 4.74 Å². The first kappa shape index (κ1) is 23.8. The highest BCUT2D eigenvalue weighted by Crippen LogP contribution is 2.35. The van der Waals surface area contributed by atoms with Gasteiger partial charge in [0.1, 0.15) is 21.7 Å². The molecule has 1 atom stereocenters. The predicted octanol–water partition coefficient (Wildman–Crippen LogP) is 2.76. The summed E-state index contributed by atoms with van der Waals surface area (Å²) in [7, 11) is 1.84. The van der Waals surface area contributed by atoms with Crippen molar-refractivity contribution in [2.75, 3.05) is 13.1 Å². The molecule has 0 saturated carbocycles. The molecule has 3 amide bonds. The third kappa shape index (κ3) is 4.79. The number of carbonyl (C=O) groups excluding carboxylic acids is 3. The largest absolute Gasteiger partial charge is 0.488 e. The maximum Gasteiger partial charge on any atom is 0.235 e. The van der Waals surface area contributed by atoms with E-state index in [1.165, 1.54) is 11.3 Å². The second-order valence-corrected chi connectivity index (χ2v) is 10.9. The number of rotatable bonds is 5. The maximum atomic E-state index is 12.8. The molecule has 4 heterocycles. The quantitative estimate of drug-likeness (QED) is 0.401. The number of fused-ring (bicyclic) bond motifs is 1.